The molecule has 0 saturated heterocycles. The molecule has 3 aromatic rings. The quantitative estimate of drug-likeness (QED) is 0.352. The first-order valence-corrected chi connectivity index (χ1v) is 9.12. The fourth-order valence-electron chi connectivity index (χ4n) is 2.73. The fourth-order valence-corrected chi connectivity index (χ4v) is 2.73. The number of aryl methyl sites for hydroxylation is 1. The number of carbonyl (C=O) groups is 2. The number of benzene rings is 3. The zero-order valence-corrected chi connectivity index (χ0v) is 16.2. The fraction of sp³-hybridized carbons (Fsp3) is 0.0435. The number of hydrogen-bond donors (Lipinski definition) is 2. The molecule has 2 amide bonds. The second-order valence-electron chi connectivity index (χ2n) is 6.58. The van der Waals surface area contributed by atoms with Crippen LogP contribution in [0.2, 0.25) is 0 Å². The lowest BCUT2D eigenvalue weighted by atomic mass is 10.1. The summed E-state index contributed by atoms with van der Waals surface area (Å²) in [7, 11) is 0. The number of nitro groups is 1. The number of non-ortho nitro benzene ring substituents is 1. The third-order valence-corrected chi connectivity index (χ3v) is 4.20. The van der Waals surface area contributed by atoms with Crippen molar-refractivity contribution in [1.29, 1.82) is 0 Å². The van der Waals surface area contributed by atoms with E-state index in [4.69, 9.17) is 0 Å². The maximum atomic E-state index is 12.5. The summed E-state index contributed by atoms with van der Waals surface area (Å²) in [5.41, 5.74) is 3.26. The summed E-state index contributed by atoms with van der Waals surface area (Å²) in [6.45, 7) is 1.94. The summed E-state index contributed by atoms with van der Waals surface area (Å²) >= 11 is 0. The van der Waals surface area contributed by atoms with E-state index in [0.29, 0.717) is 22.5 Å². The van der Waals surface area contributed by atoms with Crippen LogP contribution in [0.3, 0.4) is 0 Å². The van der Waals surface area contributed by atoms with E-state index in [1.54, 1.807) is 48.5 Å². The lowest BCUT2D eigenvalue weighted by molar-refractivity contribution is -0.384. The molecule has 0 heterocycles. The SMILES string of the molecule is Cc1cccc(NC(=O)c2cccc(NC(=O)/C=C/c3ccc([N+](=O)[O-])cc3)c2)c1. The highest BCUT2D eigenvalue weighted by Crippen LogP contribution is 2.16. The molecular weight excluding hydrogens is 382 g/mol. The number of rotatable bonds is 6. The van der Waals surface area contributed by atoms with Crippen LogP contribution in [0.5, 0.6) is 0 Å². The van der Waals surface area contributed by atoms with E-state index in [9.17, 15) is 19.7 Å². The predicted molar refractivity (Wildman–Crippen MR) is 116 cm³/mol. The van der Waals surface area contributed by atoms with Crippen molar-refractivity contribution in [3.8, 4) is 0 Å². The first-order valence-electron chi connectivity index (χ1n) is 9.12. The van der Waals surface area contributed by atoms with Gasteiger partial charge in [-0.15, -0.1) is 0 Å². The number of amides is 2. The Morgan fingerprint density at radius 3 is 2.23 bits per heavy atom. The summed E-state index contributed by atoms with van der Waals surface area (Å²) in [6.07, 6.45) is 2.87. The molecule has 0 atom stereocenters. The summed E-state index contributed by atoms with van der Waals surface area (Å²) in [5.74, 6) is -0.664. The molecule has 7 nitrogen and oxygen atoms in total. The maximum absolute atomic E-state index is 12.5. The van der Waals surface area contributed by atoms with Crippen molar-refractivity contribution < 1.29 is 14.5 Å². The van der Waals surface area contributed by atoms with Crippen molar-refractivity contribution in [1.82, 2.24) is 0 Å². The van der Waals surface area contributed by atoms with Crippen LogP contribution >= 0.6 is 0 Å². The molecule has 0 aliphatic heterocycles. The molecular formula is C23H19N3O4. The average molecular weight is 401 g/mol. The zero-order valence-electron chi connectivity index (χ0n) is 16.2. The molecule has 3 aromatic carbocycles. The standard InChI is InChI=1S/C23H19N3O4/c1-16-4-2-6-19(14-16)25-23(28)18-5-3-7-20(15-18)24-22(27)13-10-17-8-11-21(12-9-17)26(29)30/h2-15H,1H3,(H,24,27)(H,25,28)/b13-10+. The van der Waals surface area contributed by atoms with Crippen LogP contribution in [0, 0.1) is 17.0 Å². The van der Waals surface area contributed by atoms with Gasteiger partial charge in [0, 0.05) is 35.1 Å². The number of nitro benzene ring substituents is 1. The van der Waals surface area contributed by atoms with Crippen LogP contribution in [0.1, 0.15) is 21.5 Å². The van der Waals surface area contributed by atoms with E-state index in [-0.39, 0.29) is 17.5 Å². The molecule has 0 spiro atoms. The summed E-state index contributed by atoms with van der Waals surface area (Å²) in [5, 5.41) is 16.2. The highest BCUT2D eigenvalue weighted by molar-refractivity contribution is 6.06. The van der Waals surface area contributed by atoms with E-state index in [2.05, 4.69) is 10.6 Å². The van der Waals surface area contributed by atoms with Gasteiger partial charge in [0.2, 0.25) is 5.91 Å². The molecule has 0 fully saturated rings. The van der Waals surface area contributed by atoms with Gasteiger partial charge in [0.15, 0.2) is 0 Å². The Labute approximate surface area is 173 Å². The van der Waals surface area contributed by atoms with Gasteiger partial charge in [-0.1, -0.05) is 18.2 Å². The van der Waals surface area contributed by atoms with E-state index in [0.717, 1.165) is 5.56 Å². The van der Waals surface area contributed by atoms with Crippen molar-refractivity contribution in [3.63, 3.8) is 0 Å². The van der Waals surface area contributed by atoms with Gasteiger partial charge in [0.05, 0.1) is 4.92 Å². The Morgan fingerprint density at radius 2 is 1.57 bits per heavy atom. The first-order chi connectivity index (χ1) is 14.4. The minimum absolute atomic E-state index is 0.0163. The van der Waals surface area contributed by atoms with Crippen molar-refractivity contribution in [2.75, 3.05) is 10.6 Å². The number of carbonyl (C=O) groups excluding carboxylic acids is 2. The monoisotopic (exact) mass is 401 g/mol. The minimum Gasteiger partial charge on any atom is -0.322 e. The average Bonchev–Trinajstić information content (AvgIpc) is 2.73. The molecule has 0 radical (unpaired) electrons. The van der Waals surface area contributed by atoms with E-state index >= 15 is 0 Å². The van der Waals surface area contributed by atoms with Gasteiger partial charge in [0.25, 0.3) is 11.6 Å². The number of hydrogen-bond acceptors (Lipinski definition) is 4. The second-order valence-corrected chi connectivity index (χ2v) is 6.58. The van der Waals surface area contributed by atoms with Gasteiger partial charge in [0.1, 0.15) is 0 Å². The first kappa shape index (κ1) is 20.5. The number of anilines is 2. The Hall–Kier alpha value is -4.26. The largest absolute Gasteiger partial charge is 0.322 e. The highest BCUT2D eigenvalue weighted by Gasteiger charge is 2.08. The van der Waals surface area contributed by atoms with Crippen LogP contribution in [-0.4, -0.2) is 16.7 Å². The molecule has 0 aliphatic carbocycles. The molecule has 0 aliphatic rings. The predicted octanol–water partition coefficient (Wildman–Crippen LogP) is 4.81. The van der Waals surface area contributed by atoms with Gasteiger partial charge in [-0.25, -0.2) is 0 Å². The van der Waals surface area contributed by atoms with E-state index < -0.39 is 4.92 Å². The van der Waals surface area contributed by atoms with Gasteiger partial charge in [-0.05, 0) is 66.6 Å². The molecule has 0 unspecified atom stereocenters. The zero-order chi connectivity index (χ0) is 21.5. The normalized spacial score (nSPS) is 10.6. The minimum atomic E-state index is -0.484. The third kappa shape index (κ3) is 5.62. The second kappa shape index (κ2) is 9.29. The lowest BCUT2D eigenvalue weighted by Crippen LogP contribution is -2.13. The smallest absolute Gasteiger partial charge is 0.269 e. The van der Waals surface area contributed by atoms with Crippen LogP contribution in [0.25, 0.3) is 6.08 Å². The highest BCUT2D eigenvalue weighted by atomic mass is 16.6. The van der Waals surface area contributed by atoms with Crippen LogP contribution in [0.15, 0.2) is 78.9 Å². The van der Waals surface area contributed by atoms with Crippen molar-refractivity contribution in [2.45, 2.75) is 6.92 Å². The van der Waals surface area contributed by atoms with E-state index in [1.807, 2.05) is 25.1 Å². The number of nitrogens with zero attached hydrogens (tertiary/aromatic N) is 1. The number of nitrogens with one attached hydrogen (secondary N) is 2. The van der Waals surface area contributed by atoms with Gasteiger partial charge < -0.3 is 10.6 Å². The Morgan fingerprint density at radius 1 is 0.900 bits per heavy atom. The van der Waals surface area contributed by atoms with Crippen LogP contribution in [0.4, 0.5) is 17.1 Å². The summed E-state index contributed by atoms with van der Waals surface area (Å²) < 4.78 is 0. The van der Waals surface area contributed by atoms with Gasteiger partial charge in [-0.3, -0.25) is 19.7 Å². The molecule has 2 N–H and O–H groups in total. The maximum Gasteiger partial charge on any atom is 0.269 e. The van der Waals surface area contributed by atoms with E-state index in [1.165, 1.54) is 18.2 Å². The molecule has 0 saturated carbocycles. The molecule has 150 valence electrons. The Bertz CT molecular complexity index is 1120. The van der Waals surface area contributed by atoms with Crippen molar-refractivity contribution in [3.05, 3.63) is 106 Å². The molecule has 0 aromatic heterocycles. The lowest BCUT2D eigenvalue weighted by Gasteiger charge is -2.08. The molecule has 3 rings (SSSR count). The topological polar surface area (TPSA) is 101 Å². The Kier molecular flexibility index (Phi) is 6.34. The van der Waals surface area contributed by atoms with Crippen LogP contribution in [-0.2, 0) is 4.79 Å². The van der Waals surface area contributed by atoms with Crippen LogP contribution < -0.4 is 10.6 Å². The molecule has 30 heavy (non-hydrogen) atoms. The Balaban J connectivity index is 1.63. The third-order valence-electron chi connectivity index (χ3n) is 4.20. The van der Waals surface area contributed by atoms with Gasteiger partial charge in [-0.2, -0.15) is 0 Å². The van der Waals surface area contributed by atoms with Gasteiger partial charge >= 0.3 is 0 Å². The molecule has 7 heteroatoms. The van der Waals surface area contributed by atoms with Crippen molar-refractivity contribution >= 4 is 35.0 Å². The summed E-state index contributed by atoms with van der Waals surface area (Å²) in [4.78, 5) is 34.8. The summed E-state index contributed by atoms with van der Waals surface area (Å²) in [6, 6.07) is 19.9. The molecule has 0 bridgehead atoms. The van der Waals surface area contributed by atoms with Crippen molar-refractivity contribution in [2.24, 2.45) is 0 Å².